The van der Waals surface area contributed by atoms with Gasteiger partial charge in [-0.3, -0.25) is 14.8 Å². The number of carbonyl (C=O) groups excluding carboxylic acids is 1. The SMILES string of the molecule is [B]c1ccc(N2C(=O)c3n[nH]c(C(C)(C)C)c3C2c2ccccc2OC)cc1. The van der Waals surface area contributed by atoms with Crippen molar-refractivity contribution in [3.05, 3.63) is 71.0 Å². The van der Waals surface area contributed by atoms with Crippen molar-refractivity contribution in [2.75, 3.05) is 12.0 Å². The van der Waals surface area contributed by atoms with Crippen molar-refractivity contribution in [2.45, 2.75) is 32.2 Å². The normalized spacial score (nSPS) is 16.4. The molecule has 28 heavy (non-hydrogen) atoms. The Hall–Kier alpha value is -3.02. The zero-order valence-corrected chi connectivity index (χ0v) is 16.5. The third-order valence-corrected chi connectivity index (χ3v) is 5.11. The highest BCUT2D eigenvalue weighted by atomic mass is 16.5. The number of H-pyrrole nitrogens is 1. The average molecular weight is 371 g/mol. The molecule has 1 atom stereocenters. The predicted octanol–water partition coefficient (Wildman–Crippen LogP) is 3.26. The van der Waals surface area contributed by atoms with Crippen molar-refractivity contribution in [2.24, 2.45) is 0 Å². The molecule has 0 saturated carbocycles. The summed E-state index contributed by atoms with van der Waals surface area (Å²) in [5, 5.41) is 7.49. The van der Waals surface area contributed by atoms with Gasteiger partial charge in [0.1, 0.15) is 13.6 Å². The van der Waals surface area contributed by atoms with Gasteiger partial charge >= 0.3 is 0 Å². The zero-order chi connectivity index (χ0) is 20.1. The van der Waals surface area contributed by atoms with Gasteiger partial charge in [-0.1, -0.05) is 56.6 Å². The third kappa shape index (κ3) is 2.80. The molecule has 5 nitrogen and oxygen atoms in total. The summed E-state index contributed by atoms with van der Waals surface area (Å²) in [6, 6.07) is 14.8. The van der Waals surface area contributed by atoms with Crippen molar-refractivity contribution in [3.8, 4) is 5.75 Å². The van der Waals surface area contributed by atoms with Crippen LogP contribution < -0.4 is 15.1 Å². The highest BCUT2D eigenvalue weighted by Crippen LogP contribution is 2.46. The minimum atomic E-state index is -0.338. The molecular formula is C22H22BN3O2. The maximum absolute atomic E-state index is 13.4. The van der Waals surface area contributed by atoms with E-state index in [9.17, 15) is 4.79 Å². The second kappa shape index (κ2) is 6.55. The Labute approximate surface area is 166 Å². The number of amides is 1. The Kier molecular flexibility index (Phi) is 4.29. The van der Waals surface area contributed by atoms with Crippen LogP contribution in [-0.2, 0) is 5.41 Å². The summed E-state index contributed by atoms with van der Waals surface area (Å²) < 4.78 is 5.62. The Bertz CT molecular complexity index is 1030. The Morgan fingerprint density at radius 2 is 1.79 bits per heavy atom. The maximum Gasteiger partial charge on any atom is 0.280 e. The summed E-state index contributed by atoms with van der Waals surface area (Å²) in [4.78, 5) is 15.2. The lowest BCUT2D eigenvalue weighted by Crippen LogP contribution is -2.30. The molecule has 0 aliphatic carbocycles. The molecule has 2 radical (unpaired) electrons. The van der Waals surface area contributed by atoms with Crippen molar-refractivity contribution in [3.63, 3.8) is 0 Å². The minimum Gasteiger partial charge on any atom is -0.496 e. The first-order valence-electron chi connectivity index (χ1n) is 9.23. The van der Waals surface area contributed by atoms with Crippen molar-refractivity contribution in [1.29, 1.82) is 0 Å². The summed E-state index contributed by atoms with van der Waals surface area (Å²) >= 11 is 0. The molecule has 0 spiro atoms. The second-order valence-corrected chi connectivity index (χ2v) is 8.02. The lowest BCUT2D eigenvalue weighted by atomic mass is 9.85. The lowest BCUT2D eigenvalue weighted by Gasteiger charge is -2.29. The van der Waals surface area contributed by atoms with E-state index in [1.54, 1.807) is 24.1 Å². The smallest absolute Gasteiger partial charge is 0.280 e. The summed E-state index contributed by atoms with van der Waals surface area (Å²) in [5.41, 5.74) is 4.45. The van der Waals surface area contributed by atoms with Gasteiger partial charge in [0, 0.05) is 27.9 Å². The Morgan fingerprint density at radius 3 is 2.43 bits per heavy atom. The van der Waals surface area contributed by atoms with Gasteiger partial charge in [0.05, 0.1) is 13.2 Å². The van der Waals surface area contributed by atoms with Crippen LogP contribution in [0, 0.1) is 0 Å². The van der Waals surface area contributed by atoms with Gasteiger partial charge < -0.3 is 4.74 Å². The Morgan fingerprint density at radius 1 is 1.11 bits per heavy atom. The number of ether oxygens (including phenoxy) is 1. The number of carbonyl (C=O) groups is 1. The van der Waals surface area contributed by atoms with Gasteiger partial charge in [0.2, 0.25) is 0 Å². The fourth-order valence-electron chi connectivity index (χ4n) is 3.80. The van der Waals surface area contributed by atoms with E-state index < -0.39 is 0 Å². The molecule has 4 rings (SSSR count). The fraction of sp³-hybridized carbons (Fsp3) is 0.273. The topological polar surface area (TPSA) is 58.2 Å². The van der Waals surface area contributed by atoms with Crippen molar-refractivity contribution >= 4 is 24.9 Å². The minimum absolute atomic E-state index is 0.137. The van der Waals surface area contributed by atoms with E-state index in [1.165, 1.54) is 0 Å². The van der Waals surface area contributed by atoms with Crippen molar-refractivity contribution in [1.82, 2.24) is 10.2 Å². The molecule has 2 aromatic carbocycles. The van der Waals surface area contributed by atoms with Gasteiger partial charge in [-0.2, -0.15) is 5.10 Å². The number of rotatable bonds is 3. The van der Waals surface area contributed by atoms with Crippen LogP contribution in [0.2, 0.25) is 0 Å². The highest BCUT2D eigenvalue weighted by molar-refractivity contribution is 6.32. The molecule has 1 aliphatic heterocycles. The number of aromatic amines is 1. The van der Waals surface area contributed by atoms with E-state index in [1.807, 2.05) is 36.4 Å². The van der Waals surface area contributed by atoms with E-state index in [4.69, 9.17) is 12.6 Å². The summed E-state index contributed by atoms with van der Waals surface area (Å²) in [5.74, 6) is 0.595. The van der Waals surface area contributed by atoms with E-state index in [0.717, 1.165) is 28.3 Å². The number of anilines is 1. The highest BCUT2D eigenvalue weighted by Gasteiger charge is 2.45. The van der Waals surface area contributed by atoms with Crippen LogP contribution in [0.5, 0.6) is 5.75 Å². The number of fused-ring (bicyclic) bond motifs is 1. The van der Waals surface area contributed by atoms with Gasteiger partial charge in [-0.15, -0.1) is 0 Å². The van der Waals surface area contributed by atoms with E-state index >= 15 is 0 Å². The summed E-state index contributed by atoms with van der Waals surface area (Å²) in [6.45, 7) is 6.32. The van der Waals surface area contributed by atoms with Crippen LogP contribution in [0.15, 0.2) is 48.5 Å². The van der Waals surface area contributed by atoms with Crippen LogP contribution in [0.25, 0.3) is 0 Å². The number of methoxy groups -OCH3 is 1. The number of aromatic nitrogens is 2. The van der Waals surface area contributed by atoms with Gasteiger partial charge in [0.15, 0.2) is 5.69 Å². The van der Waals surface area contributed by atoms with Crippen molar-refractivity contribution < 1.29 is 9.53 Å². The monoisotopic (exact) mass is 371 g/mol. The molecule has 1 amide bonds. The van der Waals surface area contributed by atoms with Crippen LogP contribution in [0.3, 0.4) is 0 Å². The van der Waals surface area contributed by atoms with Crippen LogP contribution in [0.4, 0.5) is 5.69 Å². The second-order valence-electron chi connectivity index (χ2n) is 8.02. The predicted molar refractivity (Wildman–Crippen MR) is 111 cm³/mol. The Balaban J connectivity index is 1.98. The van der Waals surface area contributed by atoms with E-state index in [2.05, 4.69) is 31.0 Å². The van der Waals surface area contributed by atoms with Crippen LogP contribution >= 0.6 is 0 Å². The lowest BCUT2D eigenvalue weighted by molar-refractivity contribution is 0.0988. The number of benzene rings is 2. The first-order chi connectivity index (χ1) is 13.3. The molecule has 6 heteroatoms. The fourth-order valence-corrected chi connectivity index (χ4v) is 3.80. The first-order valence-corrected chi connectivity index (χ1v) is 9.23. The third-order valence-electron chi connectivity index (χ3n) is 5.11. The summed E-state index contributed by atoms with van der Waals surface area (Å²) in [6.07, 6.45) is 0. The molecule has 1 unspecified atom stereocenters. The average Bonchev–Trinajstić information content (AvgIpc) is 3.22. The first kappa shape index (κ1) is 18.4. The largest absolute Gasteiger partial charge is 0.496 e. The van der Waals surface area contributed by atoms with Gasteiger partial charge in [-0.25, -0.2) is 0 Å². The number of para-hydroxylation sites is 1. The van der Waals surface area contributed by atoms with E-state index in [-0.39, 0.29) is 17.4 Å². The number of hydrogen-bond donors (Lipinski definition) is 1. The molecule has 0 bridgehead atoms. The van der Waals surface area contributed by atoms with E-state index in [0.29, 0.717) is 11.2 Å². The number of nitrogens with zero attached hydrogens (tertiary/aromatic N) is 2. The standard InChI is InChI=1S/C22H22BN3O2/c1-22(2,3)20-17-18(24-25-20)21(27)26(14-11-9-13(23)10-12-14)19(17)15-7-5-6-8-16(15)28-4/h5-12,19H,1-4H3,(H,24,25). The van der Waals surface area contributed by atoms with Gasteiger partial charge in [-0.05, 0) is 18.2 Å². The van der Waals surface area contributed by atoms with Crippen LogP contribution in [0.1, 0.15) is 54.1 Å². The molecular weight excluding hydrogens is 349 g/mol. The molecule has 1 aliphatic rings. The maximum atomic E-state index is 13.4. The molecule has 2 heterocycles. The zero-order valence-electron chi connectivity index (χ0n) is 16.5. The number of nitrogens with one attached hydrogen (secondary N) is 1. The molecule has 140 valence electrons. The van der Waals surface area contributed by atoms with Crippen LogP contribution in [-0.4, -0.2) is 31.1 Å². The molecule has 1 N–H and O–H groups in total. The molecule has 0 fully saturated rings. The molecule has 1 aromatic heterocycles. The van der Waals surface area contributed by atoms with Gasteiger partial charge in [0.25, 0.3) is 5.91 Å². The molecule has 3 aromatic rings. The summed E-state index contributed by atoms with van der Waals surface area (Å²) in [7, 11) is 7.50. The quantitative estimate of drug-likeness (QED) is 0.719. The molecule has 0 saturated heterocycles. The number of hydrogen-bond acceptors (Lipinski definition) is 3.